The zero-order chi connectivity index (χ0) is 18.2. The number of carbonyl (C=O) groups is 1. The highest BCUT2D eigenvalue weighted by Gasteiger charge is 2.09. The van der Waals surface area contributed by atoms with Crippen molar-refractivity contribution in [3.8, 4) is 11.5 Å². The summed E-state index contributed by atoms with van der Waals surface area (Å²) in [6.07, 6.45) is 0.720. The first-order valence-electron chi connectivity index (χ1n) is 7.97. The second-order valence-corrected chi connectivity index (χ2v) is 6.57. The van der Waals surface area contributed by atoms with Crippen molar-refractivity contribution in [2.75, 3.05) is 27.8 Å². The lowest BCUT2D eigenvalue weighted by Crippen LogP contribution is -2.37. The molecule has 134 valence electrons. The minimum atomic E-state index is -0.0941. The first-order valence-corrected chi connectivity index (χ1v) is 8.77. The Balaban J connectivity index is 1.82. The molecule has 2 aromatic carbocycles. The molecule has 2 rings (SSSR count). The van der Waals surface area contributed by atoms with Crippen LogP contribution in [0, 0.1) is 0 Å². The normalized spacial score (nSPS) is 10.2. The minimum Gasteiger partial charge on any atom is -0.493 e. The number of benzene rings is 2. The van der Waals surface area contributed by atoms with E-state index in [0.29, 0.717) is 24.6 Å². The molecule has 0 aliphatic heterocycles. The van der Waals surface area contributed by atoms with Crippen LogP contribution in [0.15, 0.2) is 46.9 Å². The summed E-state index contributed by atoms with van der Waals surface area (Å²) >= 11 is 3.41. The van der Waals surface area contributed by atoms with E-state index in [9.17, 15) is 4.79 Å². The second kappa shape index (κ2) is 9.32. The van der Waals surface area contributed by atoms with Gasteiger partial charge in [-0.3, -0.25) is 0 Å². The van der Waals surface area contributed by atoms with Crippen LogP contribution in [0.3, 0.4) is 0 Å². The standard InChI is InChI=1S/C19H23BrN2O3/c1-22(13-15-4-7-16(20)8-5-15)19(23)21-11-10-14-6-9-17(24-2)18(12-14)25-3/h4-9,12H,10-11,13H2,1-3H3,(H,21,23). The summed E-state index contributed by atoms with van der Waals surface area (Å²) in [5.74, 6) is 1.39. The zero-order valence-electron chi connectivity index (χ0n) is 14.7. The van der Waals surface area contributed by atoms with E-state index in [1.165, 1.54) is 0 Å². The third kappa shape index (κ3) is 5.67. The number of amides is 2. The van der Waals surface area contributed by atoms with E-state index in [2.05, 4.69) is 21.2 Å². The molecule has 6 heteroatoms. The minimum absolute atomic E-state index is 0.0941. The van der Waals surface area contributed by atoms with Gasteiger partial charge in [0, 0.05) is 24.6 Å². The van der Waals surface area contributed by atoms with Crippen molar-refractivity contribution in [1.82, 2.24) is 10.2 Å². The summed E-state index contributed by atoms with van der Waals surface area (Å²) in [5.41, 5.74) is 2.16. The first-order chi connectivity index (χ1) is 12.0. The number of hydrogen-bond donors (Lipinski definition) is 1. The van der Waals surface area contributed by atoms with Gasteiger partial charge in [-0.1, -0.05) is 34.1 Å². The van der Waals surface area contributed by atoms with Gasteiger partial charge in [0.05, 0.1) is 14.2 Å². The van der Waals surface area contributed by atoms with Gasteiger partial charge in [-0.05, 0) is 41.8 Å². The Kier molecular flexibility index (Phi) is 7.13. The van der Waals surface area contributed by atoms with Crippen molar-refractivity contribution < 1.29 is 14.3 Å². The molecule has 0 aliphatic carbocycles. The van der Waals surface area contributed by atoms with Gasteiger partial charge in [0.1, 0.15) is 0 Å². The van der Waals surface area contributed by atoms with Crippen LogP contribution in [0.5, 0.6) is 11.5 Å². The Bertz CT molecular complexity index is 704. The quantitative estimate of drug-likeness (QED) is 0.759. The lowest BCUT2D eigenvalue weighted by Gasteiger charge is -2.18. The Morgan fingerprint density at radius 3 is 2.32 bits per heavy atom. The lowest BCUT2D eigenvalue weighted by molar-refractivity contribution is 0.207. The smallest absolute Gasteiger partial charge is 0.317 e. The van der Waals surface area contributed by atoms with Gasteiger partial charge in [0.15, 0.2) is 11.5 Å². The zero-order valence-corrected chi connectivity index (χ0v) is 16.3. The van der Waals surface area contributed by atoms with Gasteiger partial charge in [-0.15, -0.1) is 0 Å². The second-order valence-electron chi connectivity index (χ2n) is 5.65. The Morgan fingerprint density at radius 2 is 1.68 bits per heavy atom. The van der Waals surface area contributed by atoms with Gasteiger partial charge < -0.3 is 19.7 Å². The first kappa shape index (κ1) is 19.1. The fraction of sp³-hybridized carbons (Fsp3) is 0.316. The highest BCUT2D eigenvalue weighted by molar-refractivity contribution is 9.10. The molecule has 2 aromatic rings. The SMILES string of the molecule is COc1ccc(CCNC(=O)N(C)Cc2ccc(Br)cc2)cc1OC. The number of carbonyl (C=O) groups excluding carboxylic acids is 1. The van der Waals surface area contributed by atoms with Crippen molar-refractivity contribution in [2.45, 2.75) is 13.0 Å². The lowest BCUT2D eigenvalue weighted by atomic mass is 10.1. The Labute approximate surface area is 157 Å². The number of methoxy groups -OCH3 is 2. The molecule has 1 N–H and O–H groups in total. The van der Waals surface area contributed by atoms with Crippen LogP contribution < -0.4 is 14.8 Å². The molecule has 0 saturated carbocycles. The number of rotatable bonds is 7. The van der Waals surface area contributed by atoms with Crippen LogP contribution >= 0.6 is 15.9 Å². The highest BCUT2D eigenvalue weighted by Crippen LogP contribution is 2.27. The van der Waals surface area contributed by atoms with Crippen LogP contribution in [-0.4, -0.2) is 38.7 Å². The van der Waals surface area contributed by atoms with Crippen LogP contribution in [0.1, 0.15) is 11.1 Å². The average molecular weight is 407 g/mol. The summed E-state index contributed by atoms with van der Waals surface area (Å²) in [6.45, 7) is 1.12. The van der Waals surface area contributed by atoms with Crippen molar-refractivity contribution >= 4 is 22.0 Å². The molecule has 0 aliphatic rings. The van der Waals surface area contributed by atoms with Crippen molar-refractivity contribution in [3.63, 3.8) is 0 Å². The molecule has 0 radical (unpaired) electrons. The maximum absolute atomic E-state index is 12.2. The molecular weight excluding hydrogens is 384 g/mol. The number of nitrogens with zero attached hydrogens (tertiary/aromatic N) is 1. The maximum Gasteiger partial charge on any atom is 0.317 e. The molecule has 5 nitrogen and oxygen atoms in total. The monoisotopic (exact) mass is 406 g/mol. The van der Waals surface area contributed by atoms with E-state index < -0.39 is 0 Å². The van der Waals surface area contributed by atoms with E-state index in [-0.39, 0.29) is 6.03 Å². The highest BCUT2D eigenvalue weighted by atomic mass is 79.9. The summed E-state index contributed by atoms with van der Waals surface area (Å²) in [4.78, 5) is 13.9. The van der Waals surface area contributed by atoms with Crippen molar-refractivity contribution in [3.05, 3.63) is 58.1 Å². The number of hydrogen-bond acceptors (Lipinski definition) is 3. The molecule has 0 unspecified atom stereocenters. The maximum atomic E-state index is 12.2. The molecule has 0 aromatic heterocycles. The summed E-state index contributed by atoms with van der Waals surface area (Å²) in [5, 5.41) is 2.93. The van der Waals surface area contributed by atoms with E-state index >= 15 is 0 Å². The van der Waals surface area contributed by atoms with E-state index in [1.54, 1.807) is 26.2 Å². The van der Waals surface area contributed by atoms with Gasteiger partial charge in [-0.2, -0.15) is 0 Å². The Morgan fingerprint density at radius 1 is 1.04 bits per heavy atom. The summed E-state index contributed by atoms with van der Waals surface area (Å²) in [6, 6.07) is 13.6. The van der Waals surface area contributed by atoms with Crippen molar-refractivity contribution in [2.24, 2.45) is 0 Å². The van der Waals surface area contributed by atoms with Crippen molar-refractivity contribution in [1.29, 1.82) is 0 Å². The molecule has 0 bridgehead atoms. The Hall–Kier alpha value is -2.21. The van der Waals surface area contributed by atoms with Gasteiger partial charge in [0.2, 0.25) is 0 Å². The van der Waals surface area contributed by atoms with Crippen LogP contribution in [0.4, 0.5) is 4.79 Å². The molecule has 2 amide bonds. The number of nitrogens with one attached hydrogen (secondary N) is 1. The predicted octanol–water partition coefficient (Wildman–Crippen LogP) is 3.85. The van der Waals surface area contributed by atoms with Gasteiger partial charge in [0.25, 0.3) is 0 Å². The number of halogens is 1. The third-order valence-electron chi connectivity index (χ3n) is 3.82. The topological polar surface area (TPSA) is 50.8 Å². The average Bonchev–Trinajstić information content (AvgIpc) is 2.63. The summed E-state index contributed by atoms with van der Waals surface area (Å²) in [7, 11) is 5.01. The number of ether oxygens (including phenoxy) is 2. The fourth-order valence-corrected chi connectivity index (χ4v) is 2.68. The molecule has 0 saturated heterocycles. The van der Waals surface area contributed by atoms with E-state index in [0.717, 1.165) is 22.0 Å². The van der Waals surface area contributed by atoms with Crippen LogP contribution in [0.2, 0.25) is 0 Å². The van der Waals surface area contributed by atoms with Gasteiger partial charge >= 0.3 is 6.03 Å². The predicted molar refractivity (Wildman–Crippen MR) is 102 cm³/mol. The third-order valence-corrected chi connectivity index (χ3v) is 4.35. The number of urea groups is 1. The molecule has 0 spiro atoms. The van der Waals surface area contributed by atoms with E-state index in [1.807, 2.05) is 42.5 Å². The summed E-state index contributed by atoms with van der Waals surface area (Å²) < 4.78 is 11.5. The van der Waals surface area contributed by atoms with E-state index in [4.69, 9.17) is 9.47 Å². The van der Waals surface area contributed by atoms with Gasteiger partial charge in [-0.25, -0.2) is 4.79 Å². The molecule has 0 heterocycles. The fourth-order valence-electron chi connectivity index (χ4n) is 2.42. The van der Waals surface area contributed by atoms with Crippen LogP contribution in [-0.2, 0) is 13.0 Å². The molecule has 25 heavy (non-hydrogen) atoms. The molecular formula is C19H23BrN2O3. The molecule has 0 fully saturated rings. The van der Waals surface area contributed by atoms with Crippen LogP contribution in [0.25, 0.3) is 0 Å². The largest absolute Gasteiger partial charge is 0.493 e. The molecule has 0 atom stereocenters.